The fourth-order valence-electron chi connectivity index (χ4n) is 4.10. The van der Waals surface area contributed by atoms with Gasteiger partial charge in [-0.25, -0.2) is 0 Å². The van der Waals surface area contributed by atoms with Crippen molar-refractivity contribution in [1.29, 1.82) is 5.26 Å². The van der Waals surface area contributed by atoms with Crippen molar-refractivity contribution >= 4 is 22.5 Å². The first-order chi connectivity index (χ1) is 16.9. The van der Waals surface area contributed by atoms with Gasteiger partial charge in [0.05, 0.1) is 17.1 Å². The third kappa shape index (κ3) is 5.66. The molecule has 1 aromatic heterocycles. The summed E-state index contributed by atoms with van der Waals surface area (Å²) >= 11 is 6.25. The van der Waals surface area contributed by atoms with Crippen molar-refractivity contribution in [2.75, 3.05) is 6.61 Å². The SMILES string of the molecule is CCOC(O)Cc1ccccc1OCc1nn(C(C)C)c2ccc(-c3cc(Cl)cc(C#N)c3)cc12. The Morgan fingerprint density at radius 3 is 2.63 bits per heavy atom. The lowest BCUT2D eigenvalue weighted by Gasteiger charge is -2.14. The molecular weight excluding hydrogens is 462 g/mol. The van der Waals surface area contributed by atoms with Gasteiger partial charge in [-0.1, -0.05) is 35.9 Å². The number of fused-ring (bicyclic) bond motifs is 1. The zero-order chi connectivity index (χ0) is 24.9. The van der Waals surface area contributed by atoms with E-state index in [9.17, 15) is 10.4 Å². The molecule has 0 saturated heterocycles. The third-order valence-corrected chi connectivity index (χ3v) is 5.94. The molecule has 4 aromatic rings. The van der Waals surface area contributed by atoms with Gasteiger partial charge in [0, 0.05) is 29.5 Å². The molecule has 0 fully saturated rings. The zero-order valence-electron chi connectivity index (χ0n) is 20.0. The van der Waals surface area contributed by atoms with Crippen molar-refractivity contribution in [3.63, 3.8) is 0 Å². The van der Waals surface area contributed by atoms with Crippen LogP contribution in [-0.2, 0) is 17.8 Å². The lowest BCUT2D eigenvalue weighted by molar-refractivity contribution is -0.0930. The van der Waals surface area contributed by atoms with Crippen molar-refractivity contribution in [3.05, 3.63) is 82.5 Å². The van der Waals surface area contributed by atoms with E-state index in [1.54, 1.807) is 6.07 Å². The third-order valence-electron chi connectivity index (χ3n) is 5.72. The molecule has 0 saturated carbocycles. The minimum Gasteiger partial charge on any atom is -0.487 e. The maximum absolute atomic E-state index is 10.1. The Morgan fingerprint density at radius 1 is 1.09 bits per heavy atom. The maximum atomic E-state index is 10.1. The molecule has 0 aliphatic rings. The molecule has 1 unspecified atom stereocenters. The molecule has 3 aromatic carbocycles. The normalized spacial score (nSPS) is 12.1. The van der Waals surface area contributed by atoms with Gasteiger partial charge in [-0.3, -0.25) is 4.68 Å². The van der Waals surface area contributed by atoms with Crippen LogP contribution in [0.5, 0.6) is 5.75 Å². The van der Waals surface area contributed by atoms with Crippen molar-refractivity contribution < 1.29 is 14.6 Å². The van der Waals surface area contributed by atoms with E-state index in [0.29, 0.717) is 29.4 Å². The molecule has 0 bridgehead atoms. The number of para-hydroxylation sites is 1. The highest BCUT2D eigenvalue weighted by atomic mass is 35.5. The lowest BCUT2D eigenvalue weighted by Crippen LogP contribution is -2.15. The number of ether oxygens (including phenoxy) is 2. The number of aliphatic hydroxyl groups is 1. The molecular formula is C28H28ClN3O3. The van der Waals surface area contributed by atoms with Gasteiger partial charge in [0.2, 0.25) is 0 Å². The van der Waals surface area contributed by atoms with Crippen LogP contribution in [0.15, 0.2) is 60.7 Å². The number of rotatable bonds is 9. The molecule has 35 heavy (non-hydrogen) atoms. The predicted molar refractivity (Wildman–Crippen MR) is 137 cm³/mol. The van der Waals surface area contributed by atoms with E-state index in [2.05, 4.69) is 26.0 Å². The first-order valence-electron chi connectivity index (χ1n) is 11.6. The largest absolute Gasteiger partial charge is 0.487 e. The number of hydrogen-bond donors (Lipinski definition) is 1. The highest BCUT2D eigenvalue weighted by molar-refractivity contribution is 6.31. The minimum absolute atomic E-state index is 0.169. The molecule has 4 rings (SSSR count). The fourth-order valence-corrected chi connectivity index (χ4v) is 4.34. The van der Waals surface area contributed by atoms with E-state index >= 15 is 0 Å². The summed E-state index contributed by atoms with van der Waals surface area (Å²) < 4.78 is 13.5. The molecule has 1 atom stereocenters. The minimum atomic E-state index is -0.885. The molecule has 6 nitrogen and oxygen atoms in total. The molecule has 1 heterocycles. The number of nitrogens with zero attached hydrogens (tertiary/aromatic N) is 3. The van der Waals surface area contributed by atoms with Crippen molar-refractivity contribution in [3.8, 4) is 22.9 Å². The number of halogens is 1. The summed E-state index contributed by atoms with van der Waals surface area (Å²) in [5.41, 5.74) is 5.00. The molecule has 0 amide bonds. The van der Waals surface area contributed by atoms with Gasteiger partial charge < -0.3 is 14.6 Å². The van der Waals surface area contributed by atoms with E-state index in [4.69, 9.17) is 26.2 Å². The standard InChI is InChI=1S/C28H28ClN3O3/c1-4-34-28(33)15-21-7-5-6-8-27(21)35-17-25-24-14-20(9-10-26(24)32(31-25)18(2)3)22-11-19(16-30)12-23(29)13-22/h5-14,18,28,33H,4,15,17H2,1-3H3. The topological polar surface area (TPSA) is 80.3 Å². The Bertz CT molecular complexity index is 1370. The smallest absolute Gasteiger partial charge is 0.158 e. The van der Waals surface area contributed by atoms with Crippen LogP contribution >= 0.6 is 11.6 Å². The second kappa shape index (κ2) is 10.9. The molecule has 0 spiro atoms. The summed E-state index contributed by atoms with van der Waals surface area (Å²) in [7, 11) is 0. The van der Waals surface area contributed by atoms with Crippen LogP contribution in [0.3, 0.4) is 0 Å². The summed E-state index contributed by atoms with van der Waals surface area (Å²) in [6.07, 6.45) is -0.546. The number of hydrogen-bond acceptors (Lipinski definition) is 5. The average Bonchev–Trinajstić information content (AvgIpc) is 3.21. The van der Waals surface area contributed by atoms with Crippen LogP contribution in [0.2, 0.25) is 5.02 Å². The summed E-state index contributed by atoms with van der Waals surface area (Å²) in [5, 5.41) is 25.8. The number of benzene rings is 3. The van der Waals surface area contributed by atoms with Gasteiger partial charge in [-0.15, -0.1) is 0 Å². The van der Waals surface area contributed by atoms with E-state index in [1.807, 2.05) is 60.1 Å². The van der Waals surface area contributed by atoms with Crippen LogP contribution in [0.1, 0.15) is 43.6 Å². The molecule has 0 radical (unpaired) electrons. The van der Waals surface area contributed by atoms with E-state index in [0.717, 1.165) is 33.3 Å². The monoisotopic (exact) mass is 489 g/mol. The van der Waals surface area contributed by atoms with E-state index < -0.39 is 6.29 Å². The predicted octanol–water partition coefficient (Wildman–Crippen LogP) is 6.29. The Morgan fingerprint density at radius 2 is 1.89 bits per heavy atom. The summed E-state index contributed by atoms with van der Waals surface area (Å²) in [5.74, 6) is 0.683. The molecule has 0 aliphatic heterocycles. The Hall–Kier alpha value is -3.37. The number of aromatic nitrogens is 2. The zero-order valence-corrected chi connectivity index (χ0v) is 20.8. The van der Waals surface area contributed by atoms with Gasteiger partial charge in [0.15, 0.2) is 6.29 Å². The summed E-state index contributed by atoms with van der Waals surface area (Å²) in [4.78, 5) is 0. The van der Waals surface area contributed by atoms with E-state index in [1.165, 1.54) is 0 Å². The molecule has 1 N–H and O–H groups in total. The molecule has 0 aliphatic carbocycles. The van der Waals surface area contributed by atoms with Crippen LogP contribution in [0, 0.1) is 11.3 Å². The number of aliphatic hydroxyl groups excluding tert-OH is 1. The molecule has 7 heteroatoms. The quantitative estimate of drug-likeness (QED) is 0.279. The molecule has 180 valence electrons. The average molecular weight is 490 g/mol. The van der Waals surface area contributed by atoms with Gasteiger partial charge in [-0.05, 0) is 73.9 Å². The second-order valence-corrected chi connectivity index (χ2v) is 9.00. The van der Waals surface area contributed by atoms with Crippen LogP contribution < -0.4 is 4.74 Å². The van der Waals surface area contributed by atoms with E-state index in [-0.39, 0.29) is 12.6 Å². The maximum Gasteiger partial charge on any atom is 0.158 e. The number of nitriles is 1. The van der Waals surface area contributed by atoms with Crippen LogP contribution in [0.4, 0.5) is 0 Å². The Kier molecular flexibility index (Phi) is 7.72. The Balaban J connectivity index is 1.69. The van der Waals surface area contributed by atoms with Crippen LogP contribution in [0.25, 0.3) is 22.0 Å². The fraction of sp³-hybridized carbons (Fsp3) is 0.286. The highest BCUT2D eigenvalue weighted by Crippen LogP contribution is 2.31. The van der Waals surface area contributed by atoms with Gasteiger partial charge in [0.1, 0.15) is 18.1 Å². The van der Waals surface area contributed by atoms with Crippen LogP contribution in [-0.4, -0.2) is 27.8 Å². The van der Waals surface area contributed by atoms with Crippen molar-refractivity contribution in [1.82, 2.24) is 9.78 Å². The van der Waals surface area contributed by atoms with Crippen molar-refractivity contribution in [2.24, 2.45) is 0 Å². The van der Waals surface area contributed by atoms with Crippen molar-refractivity contribution in [2.45, 2.75) is 46.1 Å². The first-order valence-corrected chi connectivity index (χ1v) is 12.0. The Labute approximate surface area is 210 Å². The van der Waals surface area contributed by atoms with Gasteiger partial charge in [-0.2, -0.15) is 10.4 Å². The summed E-state index contributed by atoms with van der Waals surface area (Å²) in [6.45, 7) is 6.73. The lowest BCUT2D eigenvalue weighted by atomic mass is 10.0. The summed E-state index contributed by atoms with van der Waals surface area (Å²) in [6, 6.07) is 21.4. The highest BCUT2D eigenvalue weighted by Gasteiger charge is 2.16. The van der Waals surface area contributed by atoms with Gasteiger partial charge >= 0.3 is 0 Å². The van der Waals surface area contributed by atoms with Gasteiger partial charge in [0.25, 0.3) is 0 Å². The second-order valence-electron chi connectivity index (χ2n) is 8.57. The first kappa shape index (κ1) is 24.7.